The van der Waals surface area contributed by atoms with Crippen molar-refractivity contribution in [1.29, 1.82) is 0 Å². The van der Waals surface area contributed by atoms with Gasteiger partial charge in [0.05, 0.1) is 18.4 Å². The van der Waals surface area contributed by atoms with Crippen molar-refractivity contribution in [1.82, 2.24) is 5.32 Å². The van der Waals surface area contributed by atoms with Crippen molar-refractivity contribution in [3.05, 3.63) is 116 Å². The van der Waals surface area contributed by atoms with Crippen LogP contribution in [0.5, 0.6) is 0 Å². The van der Waals surface area contributed by atoms with Gasteiger partial charge < -0.3 is 20.7 Å². The van der Waals surface area contributed by atoms with Gasteiger partial charge in [-0.05, 0) is 79.3 Å². The van der Waals surface area contributed by atoms with Gasteiger partial charge in [-0.25, -0.2) is 4.79 Å². The Morgan fingerprint density at radius 2 is 1.70 bits per heavy atom. The predicted molar refractivity (Wildman–Crippen MR) is 190 cm³/mol. The van der Waals surface area contributed by atoms with Crippen molar-refractivity contribution in [2.45, 2.75) is 31.1 Å². The van der Waals surface area contributed by atoms with E-state index in [-0.39, 0.29) is 17.4 Å². The van der Waals surface area contributed by atoms with Gasteiger partial charge in [0.2, 0.25) is 5.91 Å². The molecule has 8 nitrogen and oxygen atoms in total. The molecule has 0 bridgehead atoms. The highest BCUT2D eigenvalue weighted by atomic mass is 35.5. The van der Waals surface area contributed by atoms with Gasteiger partial charge in [-0.1, -0.05) is 60.5 Å². The number of carbonyl (C=O) groups is 4. The fourth-order valence-electron chi connectivity index (χ4n) is 5.07. The maximum Gasteiger partial charge on any atom is 0.341 e. The topological polar surface area (TPSA) is 114 Å². The van der Waals surface area contributed by atoms with Crippen LogP contribution in [0.15, 0.2) is 83.4 Å². The first-order valence-electron chi connectivity index (χ1n) is 14.7. The van der Waals surface area contributed by atoms with E-state index in [2.05, 4.69) is 22.9 Å². The second-order valence-electron chi connectivity index (χ2n) is 10.9. The van der Waals surface area contributed by atoms with Crippen LogP contribution in [-0.4, -0.2) is 36.6 Å². The van der Waals surface area contributed by atoms with Gasteiger partial charge in [0.15, 0.2) is 0 Å². The minimum Gasteiger partial charge on any atom is -0.465 e. The average molecular weight is 709 g/mol. The summed E-state index contributed by atoms with van der Waals surface area (Å²) < 4.78 is 5.03. The molecule has 0 spiro atoms. The number of rotatable bonds is 10. The van der Waals surface area contributed by atoms with Crippen molar-refractivity contribution in [3.63, 3.8) is 0 Å². The van der Waals surface area contributed by atoms with Crippen LogP contribution in [0.4, 0.5) is 10.7 Å². The first kappa shape index (κ1) is 34.3. The van der Waals surface area contributed by atoms with Crippen LogP contribution >= 0.6 is 46.3 Å². The zero-order valence-electron chi connectivity index (χ0n) is 25.5. The molecule has 3 aromatic carbocycles. The number of ether oxygens (including phenoxy) is 1. The maximum absolute atomic E-state index is 13.5. The highest BCUT2D eigenvalue weighted by Crippen LogP contribution is 2.40. The SMILES string of the molecule is COC(=O)c1c(NC(=O)CSc2cccc(NC(=O)/C(=C\c3c(Cl)cccc3Cl)NC(=O)c3ccccc3)c2)sc2c1CCC(C)C2. The summed E-state index contributed by atoms with van der Waals surface area (Å²) in [5.74, 6) is -1.22. The molecular weight excluding hydrogens is 677 g/mol. The lowest BCUT2D eigenvalue weighted by Crippen LogP contribution is -2.30. The molecule has 0 saturated carbocycles. The smallest absolute Gasteiger partial charge is 0.341 e. The summed E-state index contributed by atoms with van der Waals surface area (Å²) in [6.07, 6.45) is 4.05. The molecule has 1 unspecified atom stereocenters. The van der Waals surface area contributed by atoms with Crippen LogP contribution in [0.1, 0.15) is 50.1 Å². The molecule has 3 amide bonds. The van der Waals surface area contributed by atoms with E-state index >= 15 is 0 Å². The number of hydrogen-bond donors (Lipinski definition) is 3. The monoisotopic (exact) mass is 707 g/mol. The second-order valence-corrected chi connectivity index (χ2v) is 13.8. The second kappa shape index (κ2) is 15.7. The van der Waals surface area contributed by atoms with Crippen molar-refractivity contribution >= 4 is 86.8 Å². The summed E-state index contributed by atoms with van der Waals surface area (Å²) in [4.78, 5) is 53.9. The number of fused-ring (bicyclic) bond motifs is 1. The summed E-state index contributed by atoms with van der Waals surface area (Å²) in [6, 6.07) is 20.4. The zero-order valence-corrected chi connectivity index (χ0v) is 28.7. The van der Waals surface area contributed by atoms with Crippen LogP contribution in [-0.2, 0) is 27.2 Å². The normalized spacial score (nSPS) is 14.1. The number of thioether (sulfide) groups is 1. The van der Waals surface area contributed by atoms with E-state index in [1.54, 1.807) is 66.7 Å². The van der Waals surface area contributed by atoms with Crippen molar-refractivity contribution < 1.29 is 23.9 Å². The van der Waals surface area contributed by atoms with Crippen LogP contribution in [0.2, 0.25) is 10.0 Å². The lowest BCUT2D eigenvalue weighted by molar-refractivity contribution is -0.114. The Kier molecular flexibility index (Phi) is 11.4. The Hall–Kier alpha value is -4.09. The van der Waals surface area contributed by atoms with E-state index in [0.29, 0.717) is 43.3 Å². The highest BCUT2D eigenvalue weighted by Gasteiger charge is 2.29. The number of halogens is 2. The number of amides is 3. The molecular formula is C35H31Cl2N3O5S2. The van der Waals surface area contributed by atoms with Crippen LogP contribution in [0.3, 0.4) is 0 Å². The molecule has 1 heterocycles. The predicted octanol–water partition coefficient (Wildman–Crippen LogP) is 8.11. The lowest BCUT2D eigenvalue weighted by atomic mass is 9.88. The largest absolute Gasteiger partial charge is 0.465 e. The van der Waals surface area contributed by atoms with Gasteiger partial charge in [0, 0.05) is 36.6 Å². The molecule has 1 atom stereocenters. The summed E-state index contributed by atoms with van der Waals surface area (Å²) in [5.41, 5.74) is 2.53. The number of methoxy groups -OCH3 is 1. The molecule has 0 saturated heterocycles. The first-order chi connectivity index (χ1) is 22.6. The van der Waals surface area contributed by atoms with Gasteiger partial charge >= 0.3 is 5.97 Å². The van der Waals surface area contributed by atoms with Crippen molar-refractivity contribution in [3.8, 4) is 0 Å². The van der Waals surface area contributed by atoms with E-state index < -0.39 is 17.8 Å². The van der Waals surface area contributed by atoms with E-state index in [4.69, 9.17) is 27.9 Å². The minimum atomic E-state index is -0.600. The highest BCUT2D eigenvalue weighted by molar-refractivity contribution is 8.00. The van der Waals surface area contributed by atoms with E-state index in [1.165, 1.54) is 36.3 Å². The van der Waals surface area contributed by atoms with E-state index in [1.807, 2.05) is 6.07 Å². The first-order valence-corrected chi connectivity index (χ1v) is 17.3. The number of benzene rings is 3. The average Bonchev–Trinajstić information content (AvgIpc) is 3.41. The van der Waals surface area contributed by atoms with Crippen LogP contribution in [0, 0.1) is 5.92 Å². The van der Waals surface area contributed by atoms with Gasteiger partial charge in [-0.3, -0.25) is 14.4 Å². The molecule has 0 fully saturated rings. The molecule has 5 rings (SSSR count). The van der Waals surface area contributed by atoms with Crippen molar-refractivity contribution in [2.24, 2.45) is 5.92 Å². The molecule has 0 radical (unpaired) electrons. The molecule has 47 heavy (non-hydrogen) atoms. The molecule has 0 aliphatic heterocycles. The fourth-order valence-corrected chi connectivity index (χ4v) is 7.74. The number of anilines is 2. The molecule has 1 aliphatic rings. The summed E-state index contributed by atoms with van der Waals surface area (Å²) in [5, 5.41) is 9.53. The number of carbonyl (C=O) groups excluding carboxylic acids is 4. The molecule has 12 heteroatoms. The quantitative estimate of drug-likeness (QED) is 0.0872. The third-order valence-corrected chi connectivity index (χ3v) is 10.3. The number of nitrogens with one attached hydrogen (secondary N) is 3. The molecule has 1 aliphatic carbocycles. The maximum atomic E-state index is 13.5. The van der Waals surface area contributed by atoms with Crippen LogP contribution < -0.4 is 16.0 Å². The minimum absolute atomic E-state index is 0.0688. The Bertz CT molecular complexity index is 1840. The van der Waals surface area contributed by atoms with Gasteiger partial charge in [0.25, 0.3) is 11.8 Å². The van der Waals surface area contributed by atoms with E-state index in [9.17, 15) is 19.2 Å². The molecule has 1 aromatic heterocycles. The molecule has 4 aromatic rings. The molecule has 3 N–H and O–H groups in total. The lowest BCUT2D eigenvalue weighted by Gasteiger charge is -2.18. The Balaban J connectivity index is 1.29. The Morgan fingerprint density at radius 1 is 0.979 bits per heavy atom. The third kappa shape index (κ3) is 8.64. The summed E-state index contributed by atoms with van der Waals surface area (Å²) >= 11 is 15.4. The standard InChI is InChI=1S/C35H31Cl2N3O5S2/c1-20-14-15-24-29(16-20)47-34(31(24)35(44)45-2)40-30(41)19-46-23-11-6-10-22(17-23)38-33(43)28(18-25-26(36)12-7-13-27(25)37)39-32(42)21-8-4-3-5-9-21/h3-13,17-18,20H,14-16,19H2,1-2H3,(H,38,43)(H,39,42)(H,40,41)/b28-18+. The van der Waals surface area contributed by atoms with Gasteiger partial charge in [-0.2, -0.15) is 0 Å². The number of hydrogen-bond acceptors (Lipinski definition) is 7. The number of esters is 1. The van der Waals surface area contributed by atoms with E-state index in [0.717, 1.165) is 34.6 Å². The number of thiophene rings is 1. The zero-order chi connectivity index (χ0) is 33.5. The Morgan fingerprint density at radius 3 is 2.43 bits per heavy atom. The third-order valence-electron chi connectivity index (χ3n) is 7.43. The molecule has 242 valence electrons. The van der Waals surface area contributed by atoms with Gasteiger partial charge in [0.1, 0.15) is 10.7 Å². The van der Waals surface area contributed by atoms with Gasteiger partial charge in [-0.15, -0.1) is 23.1 Å². The van der Waals surface area contributed by atoms with Crippen LogP contribution in [0.25, 0.3) is 6.08 Å². The Labute approximate surface area is 290 Å². The summed E-state index contributed by atoms with van der Waals surface area (Å²) in [6.45, 7) is 2.18. The summed E-state index contributed by atoms with van der Waals surface area (Å²) in [7, 11) is 1.34. The fraction of sp³-hybridized carbons (Fsp3) is 0.200. The van der Waals surface area contributed by atoms with Crippen molar-refractivity contribution in [2.75, 3.05) is 23.5 Å².